The van der Waals surface area contributed by atoms with E-state index in [1.165, 1.54) is 0 Å². The Balaban J connectivity index is 2.39. The summed E-state index contributed by atoms with van der Waals surface area (Å²) in [5, 5.41) is 0. The number of benzene rings is 1. The van der Waals surface area contributed by atoms with Crippen molar-refractivity contribution in [3.8, 4) is 0 Å². The van der Waals surface area contributed by atoms with Gasteiger partial charge >= 0.3 is 0 Å². The van der Waals surface area contributed by atoms with Crippen LogP contribution in [0.1, 0.15) is 17.0 Å². The van der Waals surface area contributed by atoms with Gasteiger partial charge in [-0.25, -0.2) is 0 Å². The Labute approximate surface area is 83.2 Å². The molecule has 1 aliphatic heterocycles. The molecule has 1 aromatic carbocycles. The van der Waals surface area contributed by atoms with E-state index < -0.39 is 0 Å². The molecule has 1 aliphatic rings. The highest BCUT2D eigenvalue weighted by Crippen LogP contribution is 2.25. The fourth-order valence-corrected chi connectivity index (χ4v) is 1.75. The van der Waals surface area contributed by atoms with Crippen molar-refractivity contribution in [3.63, 3.8) is 0 Å². The maximum Gasteiger partial charge on any atom is 0.168 e. The fourth-order valence-electron chi connectivity index (χ4n) is 1.75. The van der Waals surface area contributed by atoms with Gasteiger partial charge in [0.1, 0.15) is 6.61 Å². The number of hydrogen-bond donors (Lipinski definition) is 0. The zero-order valence-electron chi connectivity index (χ0n) is 7.90. The number of hydrogen-bond acceptors (Lipinski definition) is 2. The Morgan fingerprint density at radius 1 is 1.43 bits per heavy atom. The van der Waals surface area contributed by atoms with Crippen molar-refractivity contribution in [2.45, 2.75) is 5.92 Å². The van der Waals surface area contributed by atoms with E-state index in [-0.39, 0.29) is 18.3 Å². The second-order valence-corrected chi connectivity index (χ2v) is 3.37. The van der Waals surface area contributed by atoms with Gasteiger partial charge in [-0.05, 0) is 11.1 Å². The lowest BCUT2D eigenvalue weighted by atomic mass is 9.93. The normalized spacial score (nSPS) is 21.1. The highest BCUT2D eigenvalue weighted by molar-refractivity contribution is 5.89. The molecule has 0 bridgehead atoms. The van der Waals surface area contributed by atoms with Crippen molar-refractivity contribution in [2.75, 3.05) is 13.2 Å². The lowest BCUT2D eigenvalue weighted by Crippen LogP contribution is -2.10. The molecule has 14 heavy (non-hydrogen) atoms. The van der Waals surface area contributed by atoms with Crippen LogP contribution in [0.25, 0.3) is 6.08 Å². The monoisotopic (exact) mass is 188 g/mol. The Hall–Kier alpha value is -1.41. The first-order valence-corrected chi connectivity index (χ1v) is 4.64. The van der Waals surface area contributed by atoms with Crippen molar-refractivity contribution < 1.29 is 9.53 Å². The third-order valence-electron chi connectivity index (χ3n) is 2.51. The maximum absolute atomic E-state index is 11.5. The van der Waals surface area contributed by atoms with Gasteiger partial charge in [-0.3, -0.25) is 4.79 Å². The topological polar surface area (TPSA) is 26.3 Å². The smallest absolute Gasteiger partial charge is 0.168 e. The van der Waals surface area contributed by atoms with Crippen LogP contribution in [0.3, 0.4) is 0 Å². The minimum absolute atomic E-state index is 0.0933. The molecule has 2 rings (SSSR count). The number of ether oxygens (including phenoxy) is 1. The number of ketones is 1. The minimum Gasteiger partial charge on any atom is -0.373 e. The van der Waals surface area contributed by atoms with Gasteiger partial charge in [0, 0.05) is 0 Å². The van der Waals surface area contributed by atoms with Crippen molar-refractivity contribution >= 4 is 11.9 Å². The van der Waals surface area contributed by atoms with Crippen LogP contribution in [0.2, 0.25) is 0 Å². The third-order valence-corrected chi connectivity index (χ3v) is 2.51. The first-order valence-electron chi connectivity index (χ1n) is 4.64. The van der Waals surface area contributed by atoms with Gasteiger partial charge in [0.05, 0.1) is 12.5 Å². The molecule has 0 aliphatic carbocycles. The summed E-state index contributed by atoms with van der Waals surface area (Å²) < 4.78 is 5.14. The van der Waals surface area contributed by atoms with Gasteiger partial charge in [-0.2, -0.15) is 0 Å². The summed E-state index contributed by atoms with van der Waals surface area (Å²) in [6.45, 7) is 4.49. The zero-order valence-corrected chi connectivity index (χ0v) is 7.90. The van der Waals surface area contributed by atoms with Crippen LogP contribution in [-0.4, -0.2) is 19.0 Å². The number of Topliss-reactive ketones (excluding diaryl/α,β-unsaturated/α-hetero) is 1. The van der Waals surface area contributed by atoms with Crippen LogP contribution in [0, 0.1) is 0 Å². The first-order chi connectivity index (χ1) is 6.83. The summed E-state index contributed by atoms with van der Waals surface area (Å²) in [4.78, 5) is 11.5. The highest BCUT2D eigenvalue weighted by Gasteiger charge is 2.27. The Morgan fingerprint density at radius 2 is 2.21 bits per heavy atom. The van der Waals surface area contributed by atoms with E-state index in [1.54, 1.807) is 6.08 Å². The molecule has 0 unspecified atom stereocenters. The van der Waals surface area contributed by atoms with E-state index in [4.69, 9.17) is 4.74 Å². The summed E-state index contributed by atoms with van der Waals surface area (Å²) in [5.74, 6) is 0.0727. The number of carbonyl (C=O) groups excluding carboxylic acids is 1. The molecule has 0 spiro atoms. The largest absolute Gasteiger partial charge is 0.373 e. The SMILES string of the molecule is C=Cc1ccccc1[C@@H]1COCC1=O. The van der Waals surface area contributed by atoms with Gasteiger partial charge in [0.15, 0.2) is 5.78 Å². The molecule has 72 valence electrons. The van der Waals surface area contributed by atoms with Gasteiger partial charge in [0.25, 0.3) is 0 Å². The minimum atomic E-state index is -0.0933. The van der Waals surface area contributed by atoms with E-state index in [2.05, 4.69) is 6.58 Å². The Bertz CT molecular complexity index is 368. The molecule has 0 radical (unpaired) electrons. The molecule has 0 aromatic heterocycles. The van der Waals surface area contributed by atoms with E-state index in [0.717, 1.165) is 11.1 Å². The molecule has 2 heteroatoms. The van der Waals surface area contributed by atoms with Crippen LogP contribution in [0.4, 0.5) is 0 Å². The Morgan fingerprint density at radius 3 is 2.86 bits per heavy atom. The average Bonchev–Trinajstić information content (AvgIpc) is 2.64. The van der Waals surface area contributed by atoms with Gasteiger partial charge in [-0.1, -0.05) is 36.9 Å². The summed E-state index contributed by atoms with van der Waals surface area (Å²) in [5.41, 5.74) is 2.06. The van der Waals surface area contributed by atoms with Crippen LogP contribution >= 0.6 is 0 Å². The van der Waals surface area contributed by atoms with Gasteiger partial charge in [-0.15, -0.1) is 0 Å². The fraction of sp³-hybridized carbons (Fsp3) is 0.250. The average molecular weight is 188 g/mol. The zero-order chi connectivity index (χ0) is 9.97. The summed E-state index contributed by atoms with van der Waals surface area (Å²) >= 11 is 0. The lowest BCUT2D eigenvalue weighted by Gasteiger charge is -2.09. The lowest BCUT2D eigenvalue weighted by molar-refractivity contribution is -0.118. The Kier molecular flexibility index (Phi) is 2.46. The summed E-state index contributed by atoms with van der Waals surface area (Å²) in [6, 6.07) is 7.82. The molecular weight excluding hydrogens is 176 g/mol. The second-order valence-electron chi connectivity index (χ2n) is 3.37. The van der Waals surface area contributed by atoms with Crippen LogP contribution < -0.4 is 0 Å². The highest BCUT2D eigenvalue weighted by atomic mass is 16.5. The molecule has 2 nitrogen and oxygen atoms in total. The van der Waals surface area contributed by atoms with E-state index in [0.29, 0.717) is 6.61 Å². The first kappa shape index (κ1) is 9.16. The van der Waals surface area contributed by atoms with Crippen LogP contribution in [-0.2, 0) is 9.53 Å². The predicted molar refractivity (Wildman–Crippen MR) is 55.1 cm³/mol. The van der Waals surface area contributed by atoms with E-state index in [1.807, 2.05) is 24.3 Å². The molecule has 0 amide bonds. The molecule has 0 N–H and O–H groups in total. The van der Waals surface area contributed by atoms with E-state index in [9.17, 15) is 4.79 Å². The van der Waals surface area contributed by atoms with Crippen molar-refractivity contribution in [1.82, 2.24) is 0 Å². The molecule has 1 saturated heterocycles. The molecule has 0 saturated carbocycles. The quantitative estimate of drug-likeness (QED) is 0.709. The number of rotatable bonds is 2. The maximum atomic E-state index is 11.5. The van der Waals surface area contributed by atoms with E-state index >= 15 is 0 Å². The molecule has 1 heterocycles. The van der Waals surface area contributed by atoms with Crippen molar-refractivity contribution in [1.29, 1.82) is 0 Å². The van der Waals surface area contributed by atoms with Crippen molar-refractivity contribution in [3.05, 3.63) is 42.0 Å². The number of carbonyl (C=O) groups is 1. The van der Waals surface area contributed by atoms with Crippen LogP contribution in [0.15, 0.2) is 30.8 Å². The summed E-state index contributed by atoms with van der Waals surface area (Å²) in [7, 11) is 0. The standard InChI is InChI=1S/C12H12O2/c1-2-9-5-3-4-6-10(9)11-7-14-8-12(11)13/h2-6,11H,1,7-8H2/t11-/m0/s1. The molecule has 1 fully saturated rings. The predicted octanol–water partition coefficient (Wildman–Crippen LogP) is 2.01. The van der Waals surface area contributed by atoms with Gasteiger partial charge in [0.2, 0.25) is 0 Å². The molecular formula is C12H12O2. The second kappa shape index (κ2) is 3.76. The summed E-state index contributed by atoms with van der Waals surface area (Å²) in [6.07, 6.45) is 1.78. The molecule has 1 atom stereocenters. The third kappa shape index (κ3) is 1.49. The van der Waals surface area contributed by atoms with Crippen LogP contribution in [0.5, 0.6) is 0 Å². The van der Waals surface area contributed by atoms with Gasteiger partial charge < -0.3 is 4.74 Å². The molecule has 1 aromatic rings. The van der Waals surface area contributed by atoms with Crippen molar-refractivity contribution in [2.24, 2.45) is 0 Å².